The van der Waals surface area contributed by atoms with Gasteiger partial charge in [-0.1, -0.05) is 0 Å². The zero-order valence-electron chi connectivity index (χ0n) is 11.5. The number of hydrogen-bond donors (Lipinski definition) is 1. The Morgan fingerprint density at radius 2 is 1.90 bits per heavy atom. The molecule has 1 aromatic heterocycles. The van der Waals surface area contributed by atoms with Gasteiger partial charge in [0.1, 0.15) is 5.82 Å². The summed E-state index contributed by atoms with van der Waals surface area (Å²) < 4.78 is 12.9. The fraction of sp³-hybridized carbons (Fsp3) is 0.333. The third kappa shape index (κ3) is 3.39. The molecule has 1 N–H and O–H groups in total. The largest absolute Gasteiger partial charge is 0.324 e. The zero-order valence-corrected chi connectivity index (χ0v) is 12.3. The lowest BCUT2D eigenvalue weighted by Crippen LogP contribution is -2.38. The summed E-state index contributed by atoms with van der Waals surface area (Å²) in [5.74, 6) is -0.271. The molecule has 1 aromatic carbocycles. The standard InChI is InChI=1S/C15H16FN3OS/c16-12-6-4-11(5-7-12)13-10-21-14(17-13)18-15(20)19-8-2-1-3-9-19/h4-7,10H,1-3,8-9H2,(H,17,18,20). The summed E-state index contributed by atoms with van der Waals surface area (Å²) >= 11 is 1.38. The van der Waals surface area contributed by atoms with E-state index in [2.05, 4.69) is 10.3 Å². The summed E-state index contributed by atoms with van der Waals surface area (Å²) in [6.07, 6.45) is 3.31. The van der Waals surface area contributed by atoms with E-state index in [-0.39, 0.29) is 11.8 Å². The second kappa shape index (κ2) is 6.22. The Morgan fingerprint density at radius 1 is 1.19 bits per heavy atom. The first-order valence-corrected chi connectivity index (χ1v) is 7.88. The van der Waals surface area contributed by atoms with Gasteiger partial charge in [-0.15, -0.1) is 11.3 Å². The molecule has 0 saturated carbocycles. The molecule has 1 aliphatic heterocycles. The van der Waals surface area contributed by atoms with Gasteiger partial charge in [0.15, 0.2) is 5.13 Å². The van der Waals surface area contributed by atoms with Gasteiger partial charge in [-0.3, -0.25) is 5.32 Å². The molecule has 0 unspecified atom stereocenters. The molecule has 0 bridgehead atoms. The van der Waals surface area contributed by atoms with Crippen LogP contribution >= 0.6 is 11.3 Å². The normalized spacial score (nSPS) is 15.0. The highest BCUT2D eigenvalue weighted by Crippen LogP contribution is 2.25. The first-order chi connectivity index (χ1) is 10.2. The zero-order chi connectivity index (χ0) is 14.7. The molecule has 0 spiro atoms. The maximum Gasteiger partial charge on any atom is 0.323 e. The number of nitrogens with one attached hydrogen (secondary N) is 1. The molecule has 110 valence electrons. The van der Waals surface area contributed by atoms with Crippen LogP contribution in [0.15, 0.2) is 29.6 Å². The predicted octanol–water partition coefficient (Wildman–Crippen LogP) is 3.97. The molecule has 0 aliphatic carbocycles. The van der Waals surface area contributed by atoms with Crippen LogP contribution in [-0.2, 0) is 0 Å². The van der Waals surface area contributed by atoms with Crippen LogP contribution in [0.25, 0.3) is 11.3 Å². The van der Waals surface area contributed by atoms with Crippen LogP contribution in [-0.4, -0.2) is 29.0 Å². The van der Waals surface area contributed by atoms with Gasteiger partial charge in [0, 0.05) is 24.0 Å². The third-order valence-corrected chi connectivity index (χ3v) is 4.26. The van der Waals surface area contributed by atoms with Crippen molar-refractivity contribution in [2.45, 2.75) is 19.3 Å². The Kier molecular flexibility index (Phi) is 4.15. The highest BCUT2D eigenvalue weighted by molar-refractivity contribution is 7.14. The van der Waals surface area contributed by atoms with E-state index in [0.29, 0.717) is 5.13 Å². The van der Waals surface area contributed by atoms with Crippen LogP contribution in [0.5, 0.6) is 0 Å². The second-order valence-corrected chi connectivity index (χ2v) is 5.88. The quantitative estimate of drug-likeness (QED) is 0.912. The van der Waals surface area contributed by atoms with E-state index in [1.807, 2.05) is 10.3 Å². The van der Waals surface area contributed by atoms with Gasteiger partial charge in [-0.25, -0.2) is 14.2 Å². The monoisotopic (exact) mass is 305 g/mol. The molecule has 2 amide bonds. The van der Waals surface area contributed by atoms with E-state index in [0.717, 1.165) is 37.2 Å². The van der Waals surface area contributed by atoms with E-state index in [4.69, 9.17) is 0 Å². The summed E-state index contributed by atoms with van der Waals surface area (Å²) in [6.45, 7) is 1.62. The second-order valence-electron chi connectivity index (χ2n) is 5.02. The average Bonchev–Trinajstić information content (AvgIpc) is 2.97. The van der Waals surface area contributed by atoms with Crippen molar-refractivity contribution < 1.29 is 9.18 Å². The minimum atomic E-state index is -0.271. The molecule has 1 saturated heterocycles. The Bertz CT molecular complexity index is 620. The number of nitrogens with zero attached hydrogens (tertiary/aromatic N) is 2. The van der Waals surface area contributed by atoms with Crippen LogP contribution < -0.4 is 5.32 Å². The van der Waals surface area contributed by atoms with Gasteiger partial charge >= 0.3 is 6.03 Å². The summed E-state index contributed by atoms with van der Waals surface area (Å²) in [6, 6.07) is 6.08. The fourth-order valence-electron chi connectivity index (χ4n) is 2.35. The highest BCUT2D eigenvalue weighted by atomic mass is 32.1. The van der Waals surface area contributed by atoms with E-state index >= 15 is 0 Å². The van der Waals surface area contributed by atoms with Gasteiger partial charge in [0.2, 0.25) is 0 Å². The molecular formula is C15H16FN3OS. The number of halogens is 1. The molecule has 0 radical (unpaired) electrons. The molecule has 21 heavy (non-hydrogen) atoms. The van der Waals surface area contributed by atoms with Crippen molar-refractivity contribution in [3.63, 3.8) is 0 Å². The van der Waals surface area contributed by atoms with Crippen molar-refractivity contribution in [1.29, 1.82) is 0 Å². The van der Waals surface area contributed by atoms with Gasteiger partial charge in [-0.2, -0.15) is 0 Å². The Morgan fingerprint density at radius 3 is 2.62 bits per heavy atom. The lowest BCUT2D eigenvalue weighted by Gasteiger charge is -2.26. The van der Waals surface area contributed by atoms with Gasteiger partial charge in [0.25, 0.3) is 0 Å². The lowest BCUT2D eigenvalue weighted by molar-refractivity contribution is 0.200. The maximum absolute atomic E-state index is 12.9. The van der Waals surface area contributed by atoms with E-state index in [9.17, 15) is 9.18 Å². The Labute approximate surface area is 126 Å². The van der Waals surface area contributed by atoms with Crippen molar-refractivity contribution >= 4 is 22.5 Å². The third-order valence-electron chi connectivity index (χ3n) is 3.50. The number of amides is 2. The number of rotatable bonds is 2. The molecular weight excluding hydrogens is 289 g/mol. The first-order valence-electron chi connectivity index (χ1n) is 7.00. The number of thiazole rings is 1. The molecule has 1 aliphatic rings. The van der Waals surface area contributed by atoms with Crippen LogP contribution in [0.1, 0.15) is 19.3 Å². The Balaban J connectivity index is 1.67. The number of hydrogen-bond acceptors (Lipinski definition) is 3. The SMILES string of the molecule is O=C(Nc1nc(-c2ccc(F)cc2)cs1)N1CCCCC1. The molecule has 4 nitrogen and oxygen atoms in total. The van der Waals surface area contributed by atoms with Crippen LogP contribution in [0.3, 0.4) is 0 Å². The number of likely N-dealkylation sites (tertiary alicyclic amines) is 1. The summed E-state index contributed by atoms with van der Waals surface area (Å²) in [5.41, 5.74) is 1.58. The summed E-state index contributed by atoms with van der Waals surface area (Å²) in [7, 11) is 0. The van der Waals surface area contributed by atoms with Crippen molar-refractivity contribution in [1.82, 2.24) is 9.88 Å². The van der Waals surface area contributed by atoms with Gasteiger partial charge in [-0.05, 0) is 43.5 Å². The van der Waals surface area contributed by atoms with Gasteiger partial charge in [0.05, 0.1) is 5.69 Å². The Hall–Kier alpha value is -1.95. The molecule has 1 fully saturated rings. The van der Waals surface area contributed by atoms with Crippen molar-refractivity contribution in [2.24, 2.45) is 0 Å². The predicted molar refractivity (Wildman–Crippen MR) is 82.0 cm³/mol. The van der Waals surface area contributed by atoms with Gasteiger partial charge < -0.3 is 4.90 Å². The number of anilines is 1. The number of benzene rings is 1. The fourth-order valence-corrected chi connectivity index (χ4v) is 3.06. The lowest BCUT2D eigenvalue weighted by atomic mass is 10.1. The minimum absolute atomic E-state index is 0.0882. The molecule has 2 aromatic rings. The number of carbonyl (C=O) groups excluding carboxylic acids is 1. The average molecular weight is 305 g/mol. The molecule has 6 heteroatoms. The van der Waals surface area contributed by atoms with Crippen molar-refractivity contribution in [2.75, 3.05) is 18.4 Å². The molecule has 3 rings (SSSR count). The number of carbonyl (C=O) groups is 1. The van der Waals surface area contributed by atoms with Crippen LogP contribution in [0.4, 0.5) is 14.3 Å². The minimum Gasteiger partial charge on any atom is -0.324 e. The summed E-state index contributed by atoms with van der Waals surface area (Å²) in [5, 5.41) is 5.27. The molecule has 2 heterocycles. The van der Waals surface area contributed by atoms with E-state index in [1.165, 1.54) is 29.9 Å². The van der Waals surface area contributed by atoms with Crippen LogP contribution in [0, 0.1) is 5.82 Å². The van der Waals surface area contributed by atoms with Crippen molar-refractivity contribution in [3.8, 4) is 11.3 Å². The molecule has 0 atom stereocenters. The number of aromatic nitrogens is 1. The maximum atomic E-state index is 12.9. The highest BCUT2D eigenvalue weighted by Gasteiger charge is 2.17. The number of urea groups is 1. The topological polar surface area (TPSA) is 45.2 Å². The van der Waals surface area contributed by atoms with E-state index in [1.54, 1.807) is 12.1 Å². The summed E-state index contributed by atoms with van der Waals surface area (Å²) in [4.78, 5) is 18.3. The van der Waals surface area contributed by atoms with E-state index < -0.39 is 0 Å². The van der Waals surface area contributed by atoms with Crippen molar-refractivity contribution in [3.05, 3.63) is 35.5 Å². The van der Waals surface area contributed by atoms with Crippen LogP contribution in [0.2, 0.25) is 0 Å². The number of piperidine rings is 1. The first kappa shape index (κ1) is 14.0. The smallest absolute Gasteiger partial charge is 0.323 e.